The zero-order valence-corrected chi connectivity index (χ0v) is 22.0. The number of fused-ring (bicyclic) bond motifs is 2. The fraction of sp³-hybridized carbons (Fsp3) is 0.583. The molecular formula is C24H29Cl3N2O6. The summed E-state index contributed by atoms with van der Waals surface area (Å²) in [6.45, 7) is 4.18. The summed E-state index contributed by atoms with van der Waals surface area (Å²) in [6.07, 6.45) is 3.76. The van der Waals surface area contributed by atoms with Crippen molar-refractivity contribution in [1.29, 1.82) is 0 Å². The molecule has 2 heterocycles. The van der Waals surface area contributed by atoms with E-state index in [1.165, 1.54) is 19.1 Å². The third kappa shape index (κ3) is 5.45. The first-order valence-electron chi connectivity index (χ1n) is 11.6. The first kappa shape index (κ1) is 26.2. The number of hydrogen-bond acceptors (Lipinski definition) is 6. The van der Waals surface area contributed by atoms with Crippen molar-refractivity contribution in [1.82, 2.24) is 4.90 Å². The lowest BCUT2D eigenvalue weighted by atomic mass is 9.97. The van der Waals surface area contributed by atoms with Gasteiger partial charge in [0.2, 0.25) is 3.79 Å². The Kier molecular flexibility index (Phi) is 7.95. The van der Waals surface area contributed by atoms with Crippen LogP contribution in [0.5, 0.6) is 11.5 Å². The van der Waals surface area contributed by atoms with Crippen LogP contribution >= 0.6 is 34.8 Å². The topological polar surface area (TPSA) is 77.5 Å². The first-order chi connectivity index (χ1) is 16.6. The smallest absolute Gasteiger partial charge is 0.416 e. The summed E-state index contributed by atoms with van der Waals surface area (Å²) >= 11 is 17.6. The van der Waals surface area contributed by atoms with Crippen molar-refractivity contribution < 1.29 is 28.5 Å². The lowest BCUT2D eigenvalue weighted by Crippen LogP contribution is -2.54. The number of halogens is 3. The molecule has 8 nitrogen and oxygen atoms in total. The van der Waals surface area contributed by atoms with Crippen molar-refractivity contribution in [2.75, 3.05) is 32.3 Å². The highest BCUT2D eigenvalue weighted by Crippen LogP contribution is 2.43. The summed E-state index contributed by atoms with van der Waals surface area (Å²) in [7, 11) is 2.96. The monoisotopic (exact) mass is 546 g/mol. The van der Waals surface area contributed by atoms with Gasteiger partial charge in [0.1, 0.15) is 6.61 Å². The number of carbonyl (C=O) groups is 2. The van der Waals surface area contributed by atoms with E-state index in [2.05, 4.69) is 6.58 Å². The van der Waals surface area contributed by atoms with Crippen LogP contribution in [0, 0.1) is 0 Å². The fourth-order valence-corrected chi connectivity index (χ4v) is 5.14. The van der Waals surface area contributed by atoms with Crippen LogP contribution in [0.3, 0.4) is 0 Å². The van der Waals surface area contributed by atoms with E-state index in [9.17, 15) is 9.59 Å². The third-order valence-electron chi connectivity index (χ3n) is 6.65. The number of amides is 2. The maximum Gasteiger partial charge on any atom is 0.416 e. The van der Waals surface area contributed by atoms with E-state index in [4.69, 9.17) is 53.8 Å². The minimum absolute atomic E-state index is 0.0794. The van der Waals surface area contributed by atoms with Gasteiger partial charge in [-0.1, -0.05) is 60.6 Å². The molecule has 192 valence electrons. The second-order valence-corrected chi connectivity index (χ2v) is 11.4. The summed E-state index contributed by atoms with van der Waals surface area (Å²) in [5.41, 5.74) is 1.32. The van der Waals surface area contributed by atoms with Crippen LogP contribution in [0.15, 0.2) is 24.3 Å². The zero-order valence-electron chi connectivity index (χ0n) is 19.7. The molecule has 0 bridgehead atoms. The molecule has 11 heteroatoms. The minimum atomic E-state index is -1.81. The number of hydrogen-bond donors (Lipinski definition) is 0. The quantitative estimate of drug-likeness (QED) is 0.359. The molecule has 2 amide bonds. The average molecular weight is 548 g/mol. The molecule has 4 rings (SSSR count). The third-order valence-corrected chi connectivity index (χ3v) is 6.97. The van der Waals surface area contributed by atoms with Crippen molar-refractivity contribution >= 4 is 52.5 Å². The maximum absolute atomic E-state index is 13.7. The lowest BCUT2D eigenvalue weighted by Gasteiger charge is -2.38. The van der Waals surface area contributed by atoms with E-state index in [0.717, 1.165) is 37.7 Å². The number of rotatable bonds is 5. The van der Waals surface area contributed by atoms with Gasteiger partial charge in [-0.2, -0.15) is 0 Å². The Bertz CT molecular complexity index is 992. The number of ether oxygens (including phenoxy) is 4. The summed E-state index contributed by atoms with van der Waals surface area (Å²) in [5, 5.41) is 0. The molecule has 0 radical (unpaired) electrons. The Hall–Kier alpha value is -1.87. The molecule has 0 aromatic heterocycles. The van der Waals surface area contributed by atoms with E-state index in [-0.39, 0.29) is 23.3 Å². The molecule has 2 atom stereocenters. The highest BCUT2D eigenvalue weighted by molar-refractivity contribution is 6.67. The van der Waals surface area contributed by atoms with Crippen molar-refractivity contribution in [3.05, 3.63) is 29.8 Å². The number of methoxy groups -OCH3 is 2. The molecule has 0 spiro atoms. The van der Waals surface area contributed by atoms with Gasteiger partial charge in [0.05, 0.1) is 37.6 Å². The number of carbonyl (C=O) groups excluding carboxylic acids is 2. The Balaban J connectivity index is 1.85. The van der Waals surface area contributed by atoms with E-state index in [1.54, 1.807) is 17.0 Å². The molecule has 1 aliphatic carbocycles. The highest BCUT2D eigenvalue weighted by Gasteiger charge is 2.49. The van der Waals surface area contributed by atoms with Crippen LogP contribution in [0.2, 0.25) is 0 Å². The molecule has 0 N–H and O–H groups in total. The molecule has 1 saturated carbocycles. The van der Waals surface area contributed by atoms with Gasteiger partial charge in [-0.25, -0.2) is 9.69 Å². The lowest BCUT2D eigenvalue weighted by molar-refractivity contribution is -0.0518. The molecule has 1 saturated heterocycles. The maximum atomic E-state index is 13.7. The van der Waals surface area contributed by atoms with Crippen LogP contribution < -0.4 is 14.4 Å². The van der Waals surface area contributed by atoms with Crippen LogP contribution in [0.4, 0.5) is 10.5 Å². The van der Waals surface area contributed by atoms with Crippen molar-refractivity contribution in [2.24, 2.45) is 0 Å². The first-order valence-corrected chi connectivity index (χ1v) is 12.7. The normalized spacial score (nSPS) is 23.0. The van der Waals surface area contributed by atoms with Gasteiger partial charge in [0.25, 0.3) is 5.91 Å². The summed E-state index contributed by atoms with van der Waals surface area (Å²) < 4.78 is 21.1. The molecule has 35 heavy (non-hydrogen) atoms. The molecule has 1 unspecified atom stereocenters. The molecule has 2 fully saturated rings. The number of alkyl halides is 3. The van der Waals surface area contributed by atoms with E-state index < -0.39 is 28.8 Å². The van der Waals surface area contributed by atoms with Gasteiger partial charge in [0.15, 0.2) is 17.7 Å². The Morgan fingerprint density at radius 2 is 1.77 bits per heavy atom. The minimum Gasteiger partial charge on any atom is -0.493 e. The van der Waals surface area contributed by atoms with E-state index >= 15 is 0 Å². The number of benzene rings is 1. The summed E-state index contributed by atoms with van der Waals surface area (Å²) in [6, 6.07) is 2.58. The fourth-order valence-electron chi connectivity index (χ4n) is 4.98. The van der Waals surface area contributed by atoms with Crippen LogP contribution in [-0.2, 0) is 9.47 Å². The Morgan fingerprint density at radius 1 is 1.11 bits per heavy atom. The van der Waals surface area contributed by atoms with Crippen molar-refractivity contribution in [3.8, 4) is 11.5 Å². The predicted octanol–water partition coefficient (Wildman–Crippen LogP) is 5.48. The molecular weight excluding hydrogens is 519 g/mol. The van der Waals surface area contributed by atoms with Crippen LogP contribution in [-0.4, -0.2) is 66.4 Å². The molecule has 1 aromatic carbocycles. The van der Waals surface area contributed by atoms with Crippen LogP contribution in [0.1, 0.15) is 48.9 Å². The number of nitrogens with zero attached hydrogens (tertiary/aromatic N) is 2. The largest absolute Gasteiger partial charge is 0.493 e. The highest BCUT2D eigenvalue weighted by atomic mass is 35.6. The zero-order chi connectivity index (χ0) is 25.3. The van der Waals surface area contributed by atoms with Crippen molar-refractivity contribution in [2.45, 2.75) is 60.7 Å². The van der Waals surface area contributed by atoms with Crippen LogP contribution in [0.25, 0.3) is 0 Å². The van der Waals surface area contributed by atoms with Crippen molar-refractivity contribution in [3.63, 3.8) is 0 Å². The summed E-state index contributed by atoms with van der Waals surface area (Å²) in [4.78, 5) is 30.4. The Labute approximate surface area is 219 Å². The standard InChI is InChI=1S/C24H29Cl3N2O6/c1-14-9-10-28-20(14)22(35-15-7-5-4-6-8-15)29(23(31)34-13-24(25,26)27)17-12-19(33-3)18(32-2)11-16(17)21(28)30/h11-12,15,20,22H,1,4-10,13H2,2-3H3/t20-,22?/m0/s1. The second-order valence-electron chi connectivity index (χ2n) is 8.90. The van der Waals surface area contributed by atoms with Gasteiger partial charge in [-0.15, -0.1) is 0 Å². The second kappa shape index (κ2) is 10.6. The van der Waals surface area contributed by atoms with Gasteiger partial charge < -0.3 is 23.8 Å². The van der Waals surface area contributed by atoms with Gasteiger partial charge in [0, 0.05) is 12.6 Å². The summed E-state index contributed by atoms with van der Waals surface area (Å²) in [5.74, 6) is 0.435. The Morgan fingerprint density at radius 3 is 2.40 bits per heavy atom. The number of anilines is 1. The van der Waals surface area contributed by atoms with E-state index in [1.807, 2.05) is 0 Å². The molecule has 1 aromatic rings. The SMILES string of the molecule is C=C1CCN2C(=O)c3cc(OC)c(OC)cc3N(C(=O)OCC(Cl)(Cl)Cl)C(OC3CCCCC3)[C@H]12. The predicted molar refractivity (Wildman–Crippen MR) is 134 cm³/mol. The molecule has 3 aliphatic rings. The van der Waals surface area contributed by atoms with Gasteiger partial charge in [-0.3, -0.25) is 4.79 Å². The molecule has 2 aliphatic heterocycles. The van der Waals surface area contributed by atoms with Gasteiger partial charge >= 0.3 is 6.09 Å². The van der Waals surface area contributed by atoms with Gasteiger partial charge in [-0.05, 0) is 30.9 Å². The average Bonchev–Trinajstić information content (AvgIpc) is 3.18. The van der Waals surface area contributed by atoms with E-state index in [0.29, 0.717) is 24.5 Å².